The van der Waals surface area contributed by atoms with Crippen LogP contribution in [0, 0.1) is 0 Å². The number of hydrogen-bond donors (Lipinski definition) is 1. The first-order chi connectivity index (χ1) is 12.8. The van der Waals surface area contributed by atoms with E-state index in [1.165, 1.54) is 0 Å². The van der Waals surface area contributed by atoms with E-state index in [2.05, 4.69) is 28.9 Å². The van der Waals surface area contributed by atoms with Gasteiger partial charge in [0.1, 0.15) is 5.82 Å². The highest BCUT2D eigenvalue weighted by molar-refractivity contribution is 5.64. The van der Waals surface area contributed by atoms with Crippen LogP contribution in [0.4, 0.5) is 11.8 Å². The van der Waals surface area contributed by atoms with Crippen LogP contribution < -0.4 is 10.2 Å². The summed E-state index contributed by atoms with van der Waals surface area (Å²) in [6.45, 7) is 7.44. The van der Waals surface area contributed by atoms with Gasteiger partial charge in [0.2, 0.25) is 5.95 Å². The van der Waals surface area contributed by atoms with Crippen LogP contribution >= 0.6 is 0 Å². The third kappa shape index (κ3) is 3.57. The van der Waals surface area contributed by atoms with Gasteiger partial charge in [-0.1, -0.05) is 36.4 Å². The smallest absolute Gasteiger partial charge is 0.227 e. The van der Waals surface area contributed by atoms with E-state index in [9.17, 15) is 0 Å². The average Bonchev–Trinajstić information content (AvgIpc) is 3.15. The Morgan fingerprint density at radius 3 is 2.54 bits per heavy atom. The molecule has 136 valence electrons. The van der Waals surface area contributed by atoms with E-state index >= 15 is 0 Å². The molecule has 2 aliphatic heterocycles. The standard InChI is InChI=1S/C20H24N4O2/c1-2-10-21-18-15-17(16-6-4-3-5-7-16)22-19(23-18)24-11-8-20(9-12-24)25-13-14-26-20/h2-7,15H,1,8-14H2,(H,21,22,23). The number of aromatic nitrogens is 2. The summed E-state index contributed by atoms with van der Waals surface area (Å²) in [5.41, 5.74) is 1.99. The Bertz CT molecular complexity index is 750. The number of benzene rings is 1. The Morgan fingerprint density at radius 2 is 1.85 bits per heavy atom. The Labute approximate surface area is 153 Å². The minimum absolute atomic E-state index is 0.391. The lowest BCUT2D eigenvalue weighted by atomic mass is 10.0. The number of nitrogens with one attached hydrogen (secondary N) is 1. The molecular weight excluding hydrogens is 328 g/mol. The second kappa shape index (κ2) is 7.43. The van der Waals surface area contributed by atoms with E-state index in [-0.39, 0.29) is 0 Å². The van der Waals surface area contributed by atoms with Crippen molar-refractivity contribution < 1.29 is 9.47 Å². The summed E-state index contributed by atoms with van der Waals surface area (Å²) < 4.78 is 11.6. The number of rotatable bonds is 5. The van der Waals surface area contributed by atoms with Gasteiger partial charge in [-0.3, -0.25) is 0 Å². The molecule has 1 aromatic carbocycles. The Morgan fingerprint density at radius 1 is 1.12 bits per heavy atom. The van der Waals surface area contributed by atoms with E-state index in [4.69, 9.17) is 19.4 Å². The van der Waals surface area contributed by atoms with Gasteiger partial charge in [0.15, 0.2) is 5.79 Å². The predicted molar refractivity (Wildman–Crippen MR) is 102 cm³/mol. The first-order valence-corrected chi connectivity index (χ1v) is 9.10. The van der Waals surface area contributed by atoms with Gasteiger partial charge in [-0.2, -0.15) is 4.98 Å². The first kappa shape index (κ1) is 17.0. The maximum atomic E-state index is 5.82. The predicted octanol–water partition coefficient (Wildman–Crippen LogP) is 3.08. The van der Waals surface area contributed by atoms with Gasteiger partial charge in [0, 0.05) is 44.1 Å². The summed E-state index contributed by atoms with van der Waals surface area (Å²) in [6, 6.07) is 12.2. The molecule has 0 radical (unpaired) electrons. The zero-order valence-electron chi connectivity index (χ0n) is 14.9. The van der Waals surface area contributed by atoms with Crippen molar-refractivity contribution in [2.45, 2.75) is 18.6 Å². The summed E-state index contributed by atoms with van der Waals surface area (Å²) >= 11 is 0. The van der Waals surface area contributed by atoms with E-state index < -0.39 is 5.79 Å². The molecule has 6 heteroatoms. The molecule has 3 heterocycles. The number of anilines is 2. The summed E-state index contributed by atoms with van der Waals surface area (Å²) in [5, 5.41) is 3.29. The lowest BCUT2D eigenvalue weighted by Gasteiger charge is -2.37. The fourth-order valence-corrected chi connectivity index (χ4v) is 3.43. The molecule has 0 amide bonds. The second-order valence-corrected chi connectivity index (χ2v) is 6.57. The normalized spacial score (nSPS) is 18.8. The van der Waals surface area contributed by atoms with Gasteiger partial charge in [-0.05, 0) is 0 Å². The molecule has 4 rings (SSSR count). The lowest BCUT2D eigenvalue weighted by molar-refractivity contribution is -0.169. The molecule has 1 N–H and O–H groups in total. The third-order valence-corrected chi connectivity index (χ3v) is 4.83. The monoisotopic (exact) mass is 352 g/mol. The van der Waals surface area contributed by atoms with Crippen LogP contribution in [-0.2, 0) is 9.47 Å². The highest BCUT2D eigenvalue weighted by atomic mass is 16.7. The fraction of sp³-hybridized carbons (Fsp3) is 0.400. The van der Waals surface area contributed by atoms with Crippen LogP contribution in [-0.4, -0.2) is 48.6 Å². The maximum absolute atomic E-state index is 5.82. The molecule has 26 heavy (non-hydrogen) atoms. The summed E-state index contributed by atoms with van der Waals surface area (Å²) in [7, 11) is 0. The van der Waals surface area contributed by atoms with Gasteiger partial charge in [-0.25, -0.2) is 4.98 Å². The van der Waals surface area contributed by atoms with Crippen LogP contribution in [0.5, 0.6) is 0 Å². The fourth-order valence-electron chi connectivity index (χ4n) is 3.43. The summed E-state index contributed by atoms with van der Waals surface area (Å²) in [5.74, 6) is 1.16. The van der Waals surface area contributed by atoms with Gasteiger partial charge in [0.25, 0.3) is 0 Å². The topological polar surface area (TPSA) is 59.5 Å². The average molecular weight is 352 g/mol. The van der Waals surface area contributed by atoms with Gasteiger partial charge in [0.05, 0.1) is 18.9 Å². The number of ether oxygens (including phenoxy) is 2. The zero-order chi connectivity index (χ0) is 17.8. The van der Waals surface area contributed by atoms with Crippen molar-refractivity contribution >= 4 is 11.8 Å². The molecule has 0 unspecified atom stereocenters. The van der Waals surface area contributed by atoms with Crippen molar-refractivity contribution in [3.05, 3.63) is 49.1 Å². The molecule has 6 nitrogen and oxygen atoms in total. The summed E-state index contributed by atoms with van der Waals surface area (Å²) in [4.78, 5) is 11.7. The lowest BCUT2D eigenvalue weighted by Crippen LogP contribution is -2.45. The Hall–Kier alpha value is -2.44. The minimum atomic E-state index is -0.391. The quantitative estimate of drug-likeness (QED) is 0.835. The van der Waals surface area contributed by atoms with Crippen molar-refractivity contribution in [1.29, 1.82) is 0 Å². The van der Waals surface area contributed by atoms with Crippen LogP contribution in [0.1, 0.15) is 12.8 Å². The molecule has 2 saturated heterocycles. The van der Waals surface area contributed by atoms with Crippen molar-refractivity contribution in [1.82, 2.24) is 9.97 Å². The van der Waals surface area contributed by atoms with E-state index in [1.807, 2.05) is 30.3 Å². The van der Waals surface area contributed by atoms with Gasteiger partial charge < -0.3 is 19.7 Å². The SMILES string of the molecule is C=CCNc1cc(-c2ccccc2)nc(N2CCC3(CC2)OCCO3)n1. The highest BCUT2D eigenvalue weighted by Gasteiger charge is 2.40. The van der Waals surface area contributed by atoms with E-state index in [1.54, 1.807) is 0 Å². The molecule has 1 spiro atoms. The van der Waals surface area contributed by atoms with Crippen LogP contribution in [0.15, 0.2) is 49.1 Å². The maximum Gasteiger partial charge on any atom is 0.227 e. The highest BCUT2D eigenvalue weighted by Crippen LogP contribution is 2.33. The molecule has 0 atom stereocenters. The largest absolute Gasteiger partial charge is 0.366 e. The molecule has 2 aromatic rings. The van der Waals surface area contributed by atoms with Crippen molar-refractivity contribution in [2.75, 3.05) is 43.1 Å². The molecule has 2 fully saturated rings. The van der Waals surface area contributed by atoms with Gasteiger partial charge in [-0.15, -0.1) is 6.58 Å². The van der Waals surface area contributed by atoms with Gasteiger partial charge >= 0.3 is 0 Å². The van der Waals surface area contributed by atoms with Crippen LogP contribution in [0.2, 0.25) is 0 Å². The number of hydrogen-bond acceptors (Lipinski definition) is 6. The first-order valence-electron chi connectivity index (χ1n) is 9.10. The van der Waals surface area contributed by atoms with E-state index in [0.717, 1.165) is 49.0 Å². The minimum Gasteiger partial charge on any atom is -0.366 e. The Balaban J connectivity index is 1.59. The molecule has 2 aliphatic rings. The molecular formula is C20H24N4O2. The zero-order valence-corrected chi connectivity index (χ0v) is 14.9. The molecule has 0 bridgehead atoms. The van der Waals surface area contributed by atoms with Crippen molar-refractivity contribution in [2.24, 2.45) is 0 Å². The molecule has 0 aliphatic carbocycles. The molecule has 1 aromatic heterocycles. The van der Waals surface area contributed by atoms with Crippen molar-refractivity contribution in [3.63, 3.8) is 0 Å². The number of piperidine rings is 1. The third-order valence-electron chi connectivity index (χ3n) is 4.83. The van der Waals surface area contributed by atoms with Crippen LogP contribution in [0.25, 0.3) is 11.3 Å². The van der Waals surface area contributed by atoms with Crippen molar-refractivity contribution in [3.8, 4) is 11.3 Å². The van der Waals surface area contributed by atoms with E-state index in [0.29, 0.717) is 19.8 Å². The molecule has 0 saturated carbocycles. The Kier molecular flexibility index (Phi) is 4.86. The second-order valence-electron chi connectivity index (χ2n) is 6.57. The number of nitrogens with zero attached hydrogens (tertiary/aromatic N) is 3. The summed E-state index contributed by atoms with van der Waals surface area (Å²) in [6.07, 6.45) is 3.49. The van der Waals surface area contributed by atoms with Crippen LogP contribution in [0.3, 0.4) is 0 Å².